The van der Waals surface area contributed by atoms with Gasteiger partial charge in [0.2, 0.25) is 0 Å². The van der Waals surface area contributed by atoms with Crippen LogP contribution in [-0.2, 0) is 6.54 Å². The smallest absolute Gasteiger partial charge is 0.270 e. The average Bonchev–Trinajstić information content (AvgIpc) is 3.35. The van der Waals surface area contributed by atoms with Gasteiger partial charge in [-0.05, 0) is 36.4 Å². The van der Waals surface area contributed by atoms with Crippen LogP contribution in [0.2, 0.25) is 0 Å². The zero-order valence-corrected chi connectivity index (χ0v) is 15.1. The van der Waals surface area contributed by atoms with Crippen molar-refractivity contribution in [1.29, 1.82) is 0 Å². The molecule has 0 fully saturated rings. The van der Waals surface area contributed by atoms with Crippen LogP contribution in [0.3, 0.4) is 0 Å². The predicted octanol–water partition coefficient (Wildman–Crippen LogP) is 4.02. The molecule has 0 aliphatic rings. The van der Waals surface area contributed by atoms with Crippen LogP contribution in [0.5, 0.6) is 0 Å². The molecule has 0 radical (unpaired) electrons. The molecule has 9 heteroatoms. The number of H-pyrrole nitrogens is 2. The molecule has 0 saturated heterocycles. The van der Waals surface area contributed by atoms with Crippen molar-refractivity contribution >= 4 is 33.3 Å². The molecule has 3 heterocycles. The van der Waals surface area contributed by atoms with Crippen molar-refractivity contribution in [2.45, 2.75) is 6.54 Å². The Morgan fingerprint density at radius 2 is 2.00 bits per heavy atom. The van der Waals surface area contributed by atoms with Crippen LogP contribution in [0.1, 0.15) is 5.69 Å². The number of anilines is 1. The van der Waals surface area contributed by atoms with E-state index in [9.17, 15) is 10.1 Å². The third-order valence-corrected chi connectivity index (χ3v) is 4.66. The Morgan fingerprint density at radius 3 is 2.83 bits per heavy atom. The maximum Gasteiger partial charge on any atom is 0.270 e. The first-order valence-corrected chi connectivity index (χ1v) is 8.94. The molecule has 29 heavy (non-hydrogen) atoms. The highest BCUT2D eigenvalue weighted by Gasteiger charge is 2.16. The fourth-order valence-electron chi connectivity index (χ4n) is 3.22. The van der Waals surface area contributed by atoms with E-state index in [0.717, 1.165) is 22.4 Å². The van der Waals surface area contributed by atoms with Gasteiger partial charge in [0.25, 0.3) is 5.69 Å². The number of pyridine rings is 1. The van der Waals surface area contributed by atoms with E-state index in [4.69, 9.17) is 0 Å². The van der Waals surface area contributed by atoms with Crippen LogP contribution in [-0.4, -0.2) is 30.1 Å². The topological polar surface area (TPSA) is 125 Å². The molecule has 5 rings (SSSR count). The number of nitro groups is 1. The third-order valence-electron chi connectivity index (χ3n) is 4.66. The molecule has 5 aromatic rings. The quantitative estimate of drug-likeness (QED) is 0.310. The van der Waals surface area contributed by atoms with Gasteiger partial charge in [-0.3, -0.25) is 20.2 Å². The van der Waals surface area contributed by atoms with Crippen LogP contribution in [0.4, 0.5) is 11.4 Å². The minimum Gasteiger partial charge on any atom is -0.379 e. The van der Waals surface area contributed by atoms with Crippen molar-refractivity contribution < 1.29 is 4.92 Å². The minimum absolute atomic E-state index is 0.0114. The lowest BCUT2D eigenvalue weighted by atomic mass is 10.2. The zero-order chi connectivity index (χ0) is 19.8. The first-order chi connectivity index (χ1) is 14.2. The molecule has 0 aliphatic heterocycles. The molecule has 142 valence electrons. The van der Waals surface area contributed by atoms with E-state index in [-0.39, 0.29) is 5.69 Å². The van der Waals surface area contributed by atoms with Crippen molar-refractivity contribution in [3.8, 4) is 11.5 Å². The van der Waals surface area contributed by atoms with Gasteiger partial charge < -0.3 is 10.3 Å². The fraction of sp³-hybridized carbons (Fsp3) is 0.0500. The van der Waals surface area contributed by atoms with Crippen LogP contribution in [0, 0.1) is 10.1 Å². The van der Waals surface area contributed by atoms with Gasteiger partial charge in [0.15, 0.2) is 5.82 Å². The van der Waals surface area contributed by atoms with E-state index in [2.05, 4.69) is 30.5 Å². The maximum absolute atomic E-state index is 11.1. The van der Waals surface area contributed by atoms with Crippen molar-refractivity contribution in [3.05, 3.63) is 76.6 Å². The Hall–Kier alpha value is -4.27. The van der Waals surface area contributed by atoms with Crippen molar-refractivity contribution in [3.63, 3.8) is 0 Å². The van der Waals surface area contributed by atoms with Gasteiger partial charge in [-0.15, -0.1) is 0 Å². The summed E-state index contributed by atoms with van der Waals surface area (Å²) < 4.78 is 0. The van der Waals surface area contributed by atoms with Gasteiger partial charge in [-0.25, -0.2) is 4.98 Å². The summed E-state index contributed by atoms with van der Waals surface area (Å²) in [5.74, 6) is 0.550. The van der Waals surface area contributed by atoms with Gasteiger partial charge in [0, 0.05) is 29.4 Å². The second-order valence-electron chi connectivity index (χ2n) is 6.55. The number of aromatic amines is 2. The van der Waals surface area contributed by atoms with Crippen molar-refractivity contribution in [2.24, 2.45) is 0 Å². The standard InChI is InChI=1S/C20H15N7O2/c28-27(29)14-5-7-16-15(10-14)19(26-25-16)20-23-17-6-4-12(9-18(17)24-20)22-11-13-3-1-2-8-21-13/h1-10,22H,11H2,(H,23,24)(H,25,26). The molecule has 0 bridgehead atoms. The number of rotatable bonds is 5. The molecule has 0 spiro atoms. The zero-order valence-electron chi connectivity index (χ0n) is 15.1. The Bertz CT molecular complexity index is 1340. The number of hydrogen-bond acceptors (Lipinski definition) is 6. The lowest BCUT2D eigenvalue weighted by molar-refractivity contribution is -0.384. The summed E-state index contributed by atoms with van der Waals surface area (Å²) in [6.07, 6.45) is 1.76. The van der Waals surface area contributed by atoms with Crippen LogP contribution >= 0.6 is 0 Å². The number of nitrogens with zero attached hydrogens (tertiary/aromatic N) is 4. The Morgan fingerprint density at radius 1 is 1.07 bits per heavy atom. The van der Waals surface area contributed by atoms with Gasteiger partial charge >= 0.3 is 0 Å². The van der Waals surface area contributed by atoms with Gasteiger partial charge in [-0.2, -0.15) is 5.10 Å². The normalized spacial score (nSPS) is 11.2. The third kappa shape index (κ3) is 3.14. The summed E-state index contributed by atoms with van der Waals surface area (Å²) in [6, 6.07) is 16.2. The number of imidazole rings is 1. The Balaban J connectivity index is 1.48. The lowest BCUT2D eigenvalue weighted by Crippen LogP contribution is -2.00. The monoisotopic (exact) mass is 385 g/mol. The van der Waals surface area contributed by atoms with E-state index in [1.807, 2.05) is 36.4 Å². The highest BCUT2D eigenvalue weighted by molar-refractivity contribution is 5.94. The molecule has 0 atom stereocenters. The molecule has 0 unspecified atom stereocenters. The molecule has 3 N–H and O–H groups in total. The first-order valence-electron chi connectivity index (χ1n) is 8.94. The number of hydrogen-bond donors (Lipinski definition) is 3. The molecule has 0 aliphatic carbocycles. The molecular weight excluding hydrogens is 370 g/mol. The minimum atomic E-state index is -0.422. The van der Waals surface area contributed by atoms with E-state index in [1.54, 1.807) is 12.3 Å². The SMILES string of the molecule is O=[N+]([O-])c1ccc2[nH]nc(-c3nc4ccc(NCc5ccccn5)cc4[nH]3)c2c1. The van der Waals surface area contributed by atoms with Crippen LogP contribution in [0.25, 0.3) is 33.5 Å². The molecule has 3 aromatic heterocycles. The number of nitrogens with one attached hydrogen (secondary N) is 3. The highest BCUT2D eigenvalue weighted by Crippen LogP contribution is 2.29. The number of fused-ring (bicyclic) bond motifs is 2. The lowest BCUT2D eigenvalue weighted by Gasteiger charge is -2.05. The van der Waals surface area contributed by atoms with Gasteiger partial charge in [0.05, 0.1) is 33.7 Å². The van der Waals surface area contributed by atoms with Gasteiger partial charge in [0.1, 0.15) is 5.69 Å². The second-order valence-corrected chi connectivity index (χ2v) is 6.55. The van der Waals surface area contributed by atoms with E-state index >= 15 is 0 Å². The average molecular weight is 385 g/mol. The molecule has 0 saturated carbocycles. The summed E-state index contributed by atoms with van der Waals surface area (Å²) in [5, 5.41) is 22.3. The Labute approximate surface area is 164 Å². The maximum atomic E-state index is 11.1. The van der Waals surface area contributed by atoms with Gasteiger partial charge in [-0.1, -0.05) is 6.07 Å². The highest BCUT2D eigenvalue weighted by atomic mass is 16.6. The summed E-state index contributed by atoms with van der Waals surface area (Å²) in [4.78, 5) is 22.8. The molecule has 2 aromatic carbocycles. The number of non-ortho nitro benzene ring substituents is 1. The number of benzene rings is 2. The van der Waals surface area contributed by atoms with Crippen LogP contribution < -0.4 is 5.32 Å². The predicted molar refractivity (Wildman–Crippen MR) is 109 cm³/mol. The van der Waals surface area contributed by atoms with E-state index < -0.39 is 4.92 Å². The molecule has 9 nitrogen and oxygen atoms in total. The fourth-order valence-corrected chi connectivity index (χ4v) is 3.22. The van der Waals surface area contributed by atoms with E-state index in [0.29, 0.717) is 29.0 Å². The van der Waals surface area contributed by atoms with Crippen LogP contribution in [0.15, 0.2) is 60.8 Å². The summed E-state index contributed by atoms with van der Waals surface area (Å²) >= 11 is 0. The van der Waals surface area contributed by atoms with Crippen molar-refractivity contribution in [1.82, 2.24) is 25.1 Å². The first kappa shape index (κ1) is 16.9. The van der Waals surface area contributed by atoms with E-state index in [1.165, 1.54) is 12.1 Å². The molecule has 0 amide bonds. The molecular formula is C20H15N7O2. The number of nitro benzene ring substituents is 1. The number of aromatic nitrogens is 5. The van der Waals surface area contributed by atoms with Crippen molar-refractivity contribution in [2.75, 3.05) is 5.32 Å². The Kier molecular flexibility index (Phi) is 3.91. The summed E-state index contributed by atoms with van der Waals surface area (Å²) in [7, 11) is 0. The largest absolute Gasteiger partial charge is 0.379 e. The second kappa shape index (κ2) is 6.71. The summed E-state index contributed by atoms with van der Waals surface area (Å²) in [5.41, 5.74) is 4.77. The summed E-state index contributed by atoms with van der Waals surface area (Å²) in [6.45, 7) is 0.612.